The van der Waals surface area contributed by atoms with E-state index in [2.05, 4.69) is 9.97 Å². The van der Waals surface area contributed by atoms with E-state index in [4.69, 9.17) is 23.2 Å². The molecule has 0 spiro atoms. The summed E-state index contributed by atoms with van der Waals surface area (Å²) < 4.78 is 0. The molecule has 0 radical (unpaired) electrons. The minimum atomic E-state index is 0.249. The number of imidazole rings is 1. The van der Waals surface area contributed by atoms with E-state index in [9.17, 15) is 4.79 Å². The number of hydrogen-bond acceptors (Lipinski definition) is 2. The molecule has 0 atom stereocenters. The summed E-state index contributed by atoms with van der Waals surface area (Å²) in [6, 6.07) is 3.25. The first kappa shape index (κ1) is 8.53. The van der Waals surface area contributed by atoms with Gasteiger partial charge in [0.1, 0.15) is 5.52 Å². The average Bonchev–Trinajstić information content (AvgIpc) is 2.47. The largest absolute Gasteiger partial charge is 0.336 e. The van der Waals surface area contributed by atoms with Gasteiger partial charge in [-0.05, 0) is 12.1 Å². The van der Waals surface area contributed by atoms with Gasteiger partial charge in [-0.2, -0.15) is 0 Å². The molecule has 0 fully saturated rings. The van der Waals surface area contributed by atoms with Gasteiger partial charge >= 0.3 is 0 Å². The van der Waals surface area contributed by atoms with Crippen molar-refractivity contribution in [3.63, 3.8) is 0 Å². The molecular weight excluding hydrogens is 211 g/mol. The molecule has 0 bridgehead atoms. The monoisotopic (exact) mass is 214 g/mol. The topological polar surface area (TPSA) is 45.8 Å². The van der Waals surface area contributed by atoms with Crippen LogP contribution in [0.2, 0.25) is 10.0 Å². The fourth-order valence-electron chi connectivity index (χ4n) is 1.12. The van der Waals surface area contributed by atoms with E-state index in [0.717, 1.165) is 0 Å². The van der Waals surface area contributed by atoms with Crippen LogP contribution < -0.4 is 0 Å². The molecule has 1 heterocycles. The van der Waals surface area contributed by atoms with Crippen molar-refractivity contribution in [2.24, 2.45) is 0 Å². The second-order valence-electron chi connectivity index (χ2n) is 2.52. The maximum Gasteiger partial charge on any atom is 0.185 e. The van der Waals surface area contributed by atoms with Gasteiger partial charge in [-0.3, -0.25) is 4.79 Å². The second-order valence-corrected chi connectivity index (χ2v) is 3.37. The van der Waals surface area contributed by atoms with Crippen molar-refractivity contribution in [1.29, 1.82) is 0 Å². The number of aldehydes is 1. The van der Waals surface area contributed by atoms with Gasteiger partial charge in [0, 0.05) is 5.02 Å². The summed E-state index contributed by atoms with van der Waals surface area (Å²) in [6.07, 6.45) is 0.629. The smallest absolute Gasteiger partial charge is 0.185 e. The van der Waals surface area contributed by atoms with Crippen LogP contribution >= 0.6 is 23.2 Å². The zero-order valence-corrected chi connectivity index (χ0v) is 7.86. The van der Waals surface area contributed by atoms with Crippen LogP contribution in [-0.4, -0.2) is 16.3 Å². The Kier molecular flexibility index (Phi) is 1.98. The fraction of sp³-hybridized carbons (Fsp3) is 0. The fourth-order valence-corrected chi connectivity index (χ4v) is 1.65. The van der Waals surface area contributed by atoms with Gasteiger partial charge in [0.15, 0.2) is 12.1 Å². The lowest BCUT2D eigenvalue weighted by Gasteiger charge is -1.92. The van der Waals surface area contributed by atoms with Crippen LogP contribution in [0.5, 0.6) is 0 Å². The molecule has 1 N–H and O–H groups in total. The first-order valence-corrected chi connectivity index (χ1v) is 4.26. The first-order valence-electron chi connectivity index (χ1n) is 3.50. The molecule has 0 amide bonds. The van der Waals surface area contributed by atoms with Crippen LogP contribution in [0.1, 0.15) is 10.6 Å². The molecule has 0 saturated carbocycles. The summed E-state index contributed by atoms with van der Waals surface area (Å²) in [7, 11) is 0. The summed E-state index contributed by atoms with van der Waals surface area (Å²) >= 11 is 11.6. The van der Waals surface area contributed by atoms with Crippen LogP contribution in [-0.2, 0) is 0 Å². The van der Waals surface area contributed by atoms with Gasteiger partial charge in [-0.25, -0.2) is 4.98 Å². The van der Waals surface area contributed by atoms with Crippen molar-refractivity contribution in [1.82, 2.24) is 9.97 Å². The number of nitrogens with zero attached hydrogens (tertiary/aromatic N) is 1. The lowest BCUT2D eigenvalue weighted by Crippen LogP contribution is -1.79. The van der Waals surface area contributed by atoms with Crippen molar-refractivity contribution < 1.29 is 4.79 Å². The van der Waals surface area contributed by atoms with Crippen molar-refractivity contribution in [3.05, 3.63) is 28.0 Å². The molecule has 1 aromatic heterocycles. The molecule has 0 saturated heterocycles. The number of halogens is 2. The third kappa shape index (κ3) is 1.41. The maximum absolute atomic E-state index is 10.4. The SMILES string of the molecule is O=Cc1nc2c(Cl)cc(Cl)cc2[nH]1. The molecule has 13 heavy (non-hydrogen) atoms. The normalized spacial score (nSPS) is 10.6. The molecule has 66 valence electrons. The molecular formula is C8H4Cl2N2O. The van der Waals surface area contributed by atoms with Crippen molar-refractivity contribution in [2.75, 3.05) is 0 Å². The molecule has 1 aromatic carbocycles. The molecule has 5 heteroatoms. The van der Waals surface area contributed by atoms with Gasteiger partial charge in [0.2, 0.25) is 0 Å². The molecule has 2 aromatic rings. The summed E-state index contributed by atoms with van der Waals surface area (Å²) in [6.45, 7) is 0. The number of fused-ring (bicyclic) bond motifs is 1. The third-order valence-electron chi connectivity index (χ3n) is 1.63. The Hall–Kier alpha value is -1.06. The Labute approximate surface area is 83.7 Å². The summed E-state index contributed by atoms with van der Waals surface area (Å²) in [5, 5.41) is 0.949. The van der Waals surface area contributed by atoms with E-state index >= 15 is 0 Å². The highest BCUT2D eigenvalue weighted by Gasteiger charge is 2.06. The Morgan fingerprint density at radius 2 is 2.15 bits per heavy atom. The van der Waals surface area contributed by atoms with Crippen LogP contribution in [0.25, 0.3) is 11.0 Å². The van der Waals surface area contributed by atoms with Gasteiger partial charge in [0.05, 0.1) is 10.5 Å². The number of rotatable bonds is 1. The van der Waals surface area contributed by atoms with Crippen molar-refractivity contribution >= 4 is 40.5 Å². The van der Waals surface area contributed by atoms with E-state index in [0.29, 0.717) is 27.4 Å². The number of hydrogen-bond donors (Lipinski definition) is 1. The standard InChI is InChI=1S/C8H4Cl2N2O/c9-4-1-5(10)8-6(2-4)11-7(3-13)12-8/h1-3H,(H,11,12). The summed E-state index contributed by atoms with van der Waals surface area (Å²) in [5.74, 6) is 0.249. The highest BCUT2D eigenvalue weighted by molar-refractivity contribution is 6.38. The number of aromatic nitrogens is 2. The highest BCUT2D eigenvalue weighted by Crippen LogP contribution is 2.25. The minimum Gasteiger partial charge on any atom is -0.336 e. The maximum atomic E-state index is 10.4. The predicted octanol–water partition coefficient (Wildman–Crippen LogP) is 2.68. The van der Waals surface area contributed by atoms with E-state index in [1.165, 1.54) is 0 Å². The lowest BCUT2D eigenvalue weighted by molar-refractivity contribution is 0.111. The Balaban J connectivity index is 2.82. The van der Waals surface area contributed by atoms with E-state index < -0.39 is 0 Å². The Morgan fingerprint density at radius 3 is 2.85 bits per heavy atom. The molecule has 2 rings (SSSR count). The lowest BCUT2D eigenvalue weighted by atomic mass is 10.3. The number of nitrogens with one attached hydrogen (secondary N) is 1. The minimum absolute atomic E-state index is 0.249. The van der Waals surface area contributed by atoms with E-state index in [1.807, 2.05) is 0 Å². The quantitative estimate of drug-likeness (QED) is 0.743. The van der Waals surface area contributed by atoms with E-state index in [-0.39, 0.29) is 5.82 Å². The Morgan fingerprint density at radius 1 is 1.38 bits per heavy atom. The molecule has 0 aliphatic heterocycles. The molecule has 0 aliphatic rings. The van der Waals surface area contributed by atoms with Gasteiger partial charge < -0.3 is 4.98 Å². The summed E-state index contributed by atoms with van der Waals surface area (Å²) in [4.78, 5) is 17.1. The van der Waals surface area contributed by atoms with Crippen molar-refractivity contribution in [2.45, 2.75) is 0 Å². The van der Waals surface area contributed by atoms with Gasteiger partial charge in [-0.1, -0.05) is 23.2 Å². The Bertz CT molecular complexity index is 478. The van der Waals surface area contributed by atoms with Crippen molar-refractivity contribution in [3.8, 4) is 0 Å². The van der Waals surface area contributed by atoms with Crippen LogP contribution in [0.15, 0.2) is 12.1 Å². The zero-order chi connectivity index (χ0) is 9.42. The summed E-state index contributed by atoms with van der Waals surface area (Å²) in [5.41, 5.74) is 1.23. The van der Waals surface area contributed by atoms with Gasteiger partial charge in [-0.15, -0.1) is 0 Å². The molecule has 0 aliphatic carbocycles. The number of H-pyrrole nitrogens is 1. The molecule has 3 nitrogen and oxygen atoms in total. The van der Waals surface area contributed by atoms with Crippen LogP contribution in [0.3, 0.4) is 0 Å². The number of carbonyl (C=O) groups is 1. The second kappa shape index (κ2) is 3.01. The predicted molar refractivity (Wildman–Crippen MR) is 51.5 cm³/mol. The average molecular weight is 215 g/mol. The van der Waals surface area contributed by atoms with Crippen LogP contribution in [0, 0.1) is 0 Å². The molecule has 0 unspecified atom stereocenters. The van der Waals surface area contributed by atoms with E-state index in [1.54, 1.807) is 12.1 Å². The zero-order valence-electron chi connectivity index (χ0n) is 6.34. The number of benzene rings is 1. The highest BCUT2D eigenvalue weighted by atomic mass is 35.5. The first-order chi connectivity index (χ1) is 6.20. The number of aromatic amines is 1. The van der Waals surface area contributed by atoms with Crippen LogP contribution in [0.4, 0.5) is 0 Å². The van der Waals surface area contributed by atoms with Gasteiger partial charge in [0.25, 0.3) is 0 Å². The number of carbonyl (C=O) groups excluding carboxylic acids is 1. The third-order valence-corrected chi connectivity index (χ3v) is 2.14.